The number of aryl methyl sites for hydroxylation is 1. The van der Waals surface area contributed by atoms with Gasteiger partial charge in [0.1, 0.15) is 5.52 Å². The number of hydrogen-bond donors (Lipinski definition) is 0. The minimum Gasteiger partial charge on any atom is -0.355 e. The fraction of sp³-hybridized carbons (Fsp3) is 0.368. The molecule has 1 aromatic carbocycles. The lowest BCUT2D eigenvalue weighted by atomic mass is 10.1. The zero-order valence-corrected chi connectivity index (χ0v) is 13.6. The first kappa shape index (κ1) is 14.2. The molecule has 1 aliphatic heterocycles. The molecule has 0 bridgehead atoms. The average Bonchev–Trinajstić information content (AvgIpc) is 3.05. The van der Waals surface area contributed by atoms with Gasteiger partial charge in [-0.2, -0.15) is 5.10 Å². The van der Waals surface area contributed by atoms with Crippen LogP contribution in [0.5, 0.6) is 0 Å². The number of fused-ring (bicyclic) bond motifs is 1. The van der Waals surface area contributed by atoms with Crippen molar-refractivity contribution in [3.63, 3.8) is 0 Å². The molecule has 118 valence electrons. The van der Waals surface area contributed by atoms with Gasteiger partial charge in [0.25, 0.3) is 0 Å². The molecule has 23 heavy (non-hydrogen) atoms. The molecule has 0 radical (unpaired) electrons. The van der Waals surface area contributed by atoms with Crippen molar-refractivity contribution in [3.8, 4) is 11.3 Å². The van der Waals surface area contributed by atoms with Gasteiger partial charge in [0.15, 0.2) is 5.82 Å². The fourth-order valence-corrected chi connectivity index (χ4v) is 3.29. The Morgan fingerprint density at radius 3 is 2.57 bits per heavy atom. The van der Waals surface area contributed by atoms with Crippen molar-refractivity contribution in [1.82, 2.24) is 14.6 Å². The number of benzene rings is 1. The lowest BCUT2D eigenvalue weighted by Crippen LogP contribution is -2.30. The Morgan fingerprint density at radius 2 is 1.83 bits per heavy atom. The Hall–Kier alpha value is -2.36. The molecule has 1 saturated heterocycles. The first-order valence-electron chi connectivity index (χ1n) is 8.55. The molecule has 0 N–H and O–H groups in total. The van der Waals surface area contributed by atoms with Crippen LogP contribution in [0.4, 0.5) is 5.82 Å². The maximum atomic E-state index is 5.01. The van der Waals surface area contributed by atoms with Gasteiger partial charge in [-0.1, -0.05) is 37.3 Å². The predicted octanol–water partition coefficient (Wildman–Crippen LogP) is 3.95. The molecule has 1 fully saturated rings. The number of rotatable bonds is 3. The molecule has 4 heteroatoms. The van der Waals surface area contributed by atoms with E-state index >= 15 is 0 Å². The number of piperidine rings is 1. The van der Waals surface area contributed by atoms with Crippen LogP contribution < -0.4 is 4.90 Å². The average molecular weight is 306 g/mol. The summed E-state index contributed by atoms with van der Waals surface area (Å²) in [5.41, 5.74) is 4.38. The van der Waals surface area contributed by atoms with Gasteiger partial charge in [0, 0.05) is 18.7 Å². The van der Waals surface area contributed by atoms with Gasteiger partial charge in [-0.15, -0.1) is 0 Å². The van der Waals surface area contributed by atoms with Gasteiger partial charge in [0.05, 0.1) is 17.6 Å². The predicted molar refractivity (Wildman–Crippen MR) is 93.9 cm³/mol. The number of hydrogen-bond acceptors (Lipinski definition) is 3. The molecule has 0 aliphatic carbocycles. The van der Waals surface area contributed by atoms with E-state index in [2.05, 4.69) is 48.4 Å². The van der Waals surface area contributed by atoms with Crippen LogP contribution in [0.1, 0.15) is 31.9 Å². The largest absolute Gasteiger partial charge is 0.355 e. The summed E-state index contributed by atoms with van der Waals surface area (Å²) >= 11 is 0. The third kappa shape index (κ3) is 2.69. The quantitative estimate of drug-likeness (QED) is 0.734. The van der Waals surface area contributed by atoms with Crippen LogP contribution in [-0.2, 0) is 6.42 Å². The van der Waals surface area contributed by atoms with Crippen molar-refractivity contribution in [2.24, 2.45) is 0 Å². The third-order valence-electron chi connectivity index (χ3n) is 4.57. The van der Waals surface area contributed by atoms with Gasteiger partial charge < -0.3 is 4.90 Å². The number of nitrogens with zero attached hydrogens (tertiary/aromatic N) is 4. The standard InChI is InChI=1S/C19H22N4/c1-2-16-13-18-19(22-11-7-4-8-12-22)20-17(14-23(18)21-16)15-9-5-3-6-10-15/h3,5-6,9-10,13-14H,2,4,7-8,11-12H2,1H3. The van der Waals surface area contributed by atoms with E-state index in [0.717, 1.165) is 47.8 Å². The second kappa shape index (κ2) is 6.03. The second-order valence-electron chi connectivity index (χ2n) is 6.18. The zero-order valence-electron chi connectivity index (χ0n) is 13.6. The van der Waals surface area contributed by atoms with Crippen LogP contribution in [0.2, 0.25) is 0 Å². The highest BCUT2D eigenvalue weighted by Crippen LogP contribution is 2.27. The van der Waals surface area contributed by atoms with Crippen LogP contribution in [0, 0.1) is 0 Å². The molecule has 0 spiro atoms. The number of aromatic nitrogens is 3. The van der Waals surface area contributed by atoms with E-state index in [4.69, 9.17) is 10.1 Å². The SMILES string of the molecule is CCc1cc2c(N3CCCCC3)nc(-c3ccccc3)cn2n1. The van der Waals surface area contributed by atoms with Gasteiger partial charge in [0.2, 0.25) is 0 Å². The Morgan fingerprint density at radius 1 is 1.04 bits per heavy atom. The molecule has 3 heterocycles. The van der Waals surface area contributed by atoms with Crippen LogP contribution in [0.3, 0.4) is 0 Å². The topological polar surface area (TPSA) is 33.4 Å². The summed E-state index contributed by atoms with van der Waals surface area (Å²) in [7, 11) is 0. The van der Waals surface area contributed by atoms with Crippen molar-refractivity contribution in [1.29, 1.82) is 0 Å². The second-order valence-corrected chi connectivity index (χ2v) is 6.18. The summed E-state index contributed by atoms with van der Waals surface area (Å²) in [6, 6.07) is 12.6. The molecular weight excluding hydrogens is 284 g/mol. The Kier molecular flexibility index (Phi) is 3.74. The first-order chi connectivity index (χ1) is 11.3. The lowest BCUT2D eigenvalue weighted by molar-refractivity contribution is 0.574. The molecule has 0 unspecified atom stereocenters. The van der Waals surface area contributed by atoms with Crippen LogP contribution >= 0.6 is 0 Å². The normalized spacial score (nSPS) is 15.3. The van der Waals surface area contributed by atoms with Gasteiger partial charge in [-0.05, 0) is 31.7 Å². The minimum absolute atomic E-state index is 0.946. The van der Waals surface area contributed by atoms with E-state index in [1.54, 1.807) is 0 Å². The monoisotopic (exact) mass is 306 g/mol. The third-order valence-corrected chi connectivity index (χ3v) is 4.57. The Labute approximate surface area is 136 Å². The van der Waals surface area contributed by atoms with E-state index in [9.17, 15) is 0 Å². The summed E-state index contributed by atoms with van der Waals surface area (Å²) in [6.07, 6.45) is 6.82. The van der Waals surface area contributed by atoms with Gasteiger partial charge >= 0.3 is 0 Å². The summed E-state index contributed by atoms with van der Waals surface area (Å²) in [6.45, 7) is 4.33. The summed E-state index contributed by atoms with van der Waals surface area (Å²) < 4.78 is 2.01. The molecule has 2 aromatic heterocycles. The van der Waals surface area contributed by atoms with Crippen LogP contribution in [0.25, 0.3) is 16.8 Å². The van der Waals surface area contributed by atoms with E-state index < -0.39 is 0 Å². The maximum absolute atomic E-state index is 5.01. The van der Waals surface area contributed by atoms with E-state index in [1.807, 2.05) is 10.6 Å². The summed E-state index contributed by atoms with van der Waals surface area (Å²) in [5.74, 6) is 1.08. The van der Waals surface area contributed by atoms with Crippen molar-refractivity contribution >= 4 is 11.3 Å². The summed E-state index contributed by atoms with van der Waals surface area (Å²) in [5, 5.41) is 4.72. The van der Waals surface area contributed by atoms with E-state index in [0.29, 0.717) is 0 Å². The van der Waals surface area contributed by atoms with Crippen LogP contribution in [0.15, 0.2) is 42.6 Å². The minimum atomic E-state index is 0.946. The summed E-state index contributed by atoms with van der Waals surface area (Å²) in [4.78, 5) is 7.43. The molecule has 1 aliphatic rings. The molecule has 3 aromatic rings. The zero-order chi connectivity index (χ0) is 15.6. The smallest absolute Gasteiger partial charge is 0.155 e. The maximum Gasteiger partial charge on any atom is 0.155 e. The van der Waals surface area contributed by atoms with Crippen molar-refractivity contribution in [2.75, 3.05) is 18.0 Å². The highest BCUT2D eigenvalue weighted by Gasteiger charge is 2.18. The first-order valence-corrected chi connectivity index (χ1v) is 8.55. The van der Waals surface area contributed by atoms with E-state index in [1.165, 1.54) is 19.3 Å². The Bertz CT molecular complexity index is 801. The fourth-order valence-electron chi connectivity index (χ4n) is 3.29. The molecule has 4 nitrogen and oxygen atoms in total. The van der Waals surface area contributed by atoms with Crippen molar-refractivity contribution < 1.29 is 0 Å². The molecule has 4 rings (SSSR count). The highest BCUT2D eigenvalue weighted by molar-refractivity contribution is 5.73. The molecule has 0 saturated carbocycles. The Balaban J connectivity index is 1.88. The molecule has 0 amide bonds. The number of anilines is 1. The van der Waals surface area contributed by atoms with Crippen molar-refractivity contribution in [3.05, 3.63) is 48.3 Å². The van der Waals surface area contributed by atoms with Crippen molar-refractivity contribution in [2.45, 2.75) is 32.6 Å². The van der Waals surface area contributed by atoms with Crippen LogP contribution in [-0.4, -0.2) is 27.7 Å². The highest BCUT2D eigenvalue weighted by atomic mass is 15.3. The van der Waals surface area contributed by atoms with E-state index in [-0.39, 0.29) is 0 Å². The van der Waals surface area contributed by atoms with Gasteiger partial charge in [-0.25, -0.2) is 9.50 Å². The lowest BCUT2D eigenvalue weighted by Gasteiger charge is -2.28. The molecule has 0 atom stereocenters. The molecular formula is C19H22N4. The van der Waals surface area contributed by atoms with Gasteiger partial charge in [-0.3, -0.25) is 0 Å².